The summed E-state index contributed by atoms with van der Waals surface area (Å²) < 4.78 is 3.77. The molecular weight excluding hydrogens is 250 g/mol. The van der Waals surface area contributed by atoms with E-state index in [0.29, 0.717) is 0 Å². The number of hydrogen-bond donors (Lipinski definition) is 3. The van der Waals surface area contributed by atoms with Crippen LogP contribution in [0, 0.1) is 0 Å². The summed E-state index contributed by atoms with van der Waals surface area (Å²) in [6.45, 7) is -0.667. The first-order valence-corrected chi connectivity index (χ1v) is 5.05. The molecule has 0 saturated heterocycles. The molecular formula is C7H9N5O4S. The minimum absolute atomic E-state index is 0.0164. The van der Waals surface area contributed by atoms with Crippen molar-refractivity contribution < 1.29 is 19.5 Å². The summed E-state index contributed by atoms with van der Waals surface area (Å²) in [7, 11) is 1.38. The number of hydrogen-bond acceptors (Lipinski definition) is 8. The number of rotatable bonds is 5. The van der Waals surface area contributed by atoms with Crippen LogP contribution in [0.2, 0.25) is 0 Å². The van der Waals surface area contributed by atoms with E-state index < -0.39 is 18.5 Å². The summed E-state index contributed by atoms with van der Waals surface area (Å²) in [5.41, 5.74) is 5.12. The van der Waals surface area contributed by atoms with Gasteiger partial charge >= 0.3 is 5.97 Å². The Kier molecular flexibility index (Phi) is 4.34. The van der Waals surface area contributed by atoms with Crippen molar-refractivity contribution in [1.82, 2.24) is 14.7 Å². The predicted molar refractivity (Wildman–Crippen MR) is 58.5 cm³/mol. The molecule has 0 unspecified atom stereocenters. The lowest BCUT2D eigenvalue weighted by Crippen LogP contribution is -2.29. The molecule has 0 aliphatic heterocycles. The molecule has 9 nitrogen and oxygen atoms in total. The first-order chi connectivity index (χ1) is 8.04. The SMILES string of the molecule is CNC(=O)/C(=N\OCC(=O)O)c1nsc(N)n1. The fourth-order valence-electron chi connectivity index (χ4n) is 0.786. The Morgan fingerprint density at radius 1 is 1.65 bits per heavy atom. The zero-order chi connectivity index (χ0) is 12.8. The number of carboxylic acids is 1. The Balaban J connectivity index is 2.88. The average molecular weight is 259 g/mol. The van der Waals surface area contributed by atoms with Gasteiger partial charge in [-0.2, -0.15) is 9.36 Å². The van der Waals surface area contributed by atoms with Crippen molar-refractivity contribution in [2.75, 3.05) is 19.4 Å². The number of nitrogens with one attached hydrogen (secondary N) is 1. The fourth-order valence-corrected chi connectivity index (χ4v) is 1.22. The number of nitrogens with zero attached hydrogens (tertiary/aromatic N) is 3. The third-order valence-electron chi connectivity index (χ3n) is 1.44. The standard InChI is InChI=1S/C7H9N5O4S/c1-9-6(15)4(11-16-2-3(13)14)5-10-7(8)17-12-5/h2H2,1H3,(H,9,15)(H,13,14)(H2,8,10,12)/b11-4-. The van der Waals surface area contributed by atoms with Gasteiger partial charge in [0.05, 0.1) is 0 Å². The van der Waals surface area contributed by atoms with E-state index in [1.165, 1.54) is 7.05 Å². The van der Waals surface area contributed by atoms with Gasteiger partial charge in [0.25, 0.3) is 5.91 Å². The smallest absolute Gasteiger partial charge is 0.344 e. The van der Waals surface area contributed by atoms with E-state index in [-0.39, 0.29) is 16.7 Å². The van der Waals surface area contributed by atoms with E-state index in [2.05, 4.69) is 24.7 Å². The van der Waals surface area contributed by atoms with Crippen molar-refractivity contribution in [3.8, 4) is 0 Å². The van der Waals surface area contributed by atoms with Crippen molar-refractivity contribution in [2.24, 2.45) is 5.16 Å². The number of carboxylic acid groups (broad SMARTS) is 1. The second-order valence-electron chi connectivity index (χ2n) is 2.64. The number of aliphatic carboxylic acids is 1. The number of amides is 1. The summed E-state index contributed by atoms with van der Waals surface area (Å²) in [5.74, 6) is -1.83. The Hall–Kier alpha value is -2.23. The zero-order valence-electron chi connectivity index (χ0n) is 8.71. The van der Waals surface area contributed by atoms with Gasteiger partial charge in [-0.15, -0.1) is 0 Å². The number of nitrogen functional groups attached to an aromatic ring is 1. The number of likely N-dealkylation sites (N-methyl/N-ethyl adjacent to an activating group) is 1. The Morgan fingerprint density at radius 3 is 2.82 bits per heavy atom. The minimum atomic E-state index is -1.21. The molecule has 17 heavy (non-hydrogen) atoms. The molecule has 0 bridgehead atoms. The second-order valence-corrected chi connectivity index (χ2v) is 3.43. The quantitative estimate of drug-likeness (QED) is 0.439. The molecule has 4 N–H and O–H groups in total. The third-order valence-corrected chi connectivity index (χ3v) is 1.98. The Morgan fingerprint density at radius 2 is 2.35 bits per heavy atom. The molecule has 0 radical (unpaired) electrons. The van der Waals surface area contributed by atoms with Crippen LogP contribution in [0.1, 0.15) is 5.82 Å². The normalized spacial score (nSPS) is 11.0. The molecule has 10 heteroatoms. The maximum absolute atomic E-state index is 11.4. The van der Waals surface area contributed by atoms with Crippen LogP contribution < -0.4 is 11.1 Å². The van der Waals surface area contributed by atoms with Crippen LogP contribution in [-0.2, 0) is 14.4 Å². The Bertz CT molecular complexity index is 457. The summed E-state index contributed by atoms with van der Waals surface area (Å²) in [5, 5.41) is 14.2. The van der Waals surface area contributed by atoms with E-state index >= 15 is 0 Å². The maximum atomic E-state index is 11.4. The van der Waals surface area contributed by atoms with Crippen LogP contribution in [0.5, 0.6) is 0 Å². The van der Waals surface area contributed by atoms with Gasteiger partial charge in [-0.1, -0.05) is 5.16 Å². The number of anilines is 1. The van der Waals surface area contributed by atoms with Crippen LogP contribution >= 0.6 is 11.5 Å². The molecule has 0 aliphatic carbocycles. The van der Waals surface area contributed by atoms with Crippen molar-refractivity contribution in [1.29, 1.82) is 0 Å². The predicted octanol–water partition coefficient (Wildman–Crippen LogP) is -1.33. The highest BCUT2D eigenvalue weighted by Gasteiger charge is 2.18. The van der Waals surface area contributed by atoms with E-state index in [1.807, 2.05) is 0 Å². The van der Waals surface area contributed by atoms with Gasteiger partial charge in [0.1, 0.15) is 0 Å². The maximum Gasteiger partial charge on any atom is 0.344 e. The van der Waals surface area contributed by atoms with Gasteiger partial charge in [0.15, 0.2) is 5.13 Å². The molecule has 0 saturated carbocycles. The number of nitrogens with two attached hydrogens (primary N) is 1. The molecule has 1 rings (SSSR count). The minimum Gasteiger partial charge on any atom is -0.479 e. The zero-order valence-corrected chi connectivity index (χ0v) is 9.52. The second kappa shape index (κ2) is 5.75. The highest BCUT2D eigenvalue weighted by molar-refractivity contribution is 7.09. The van der Waals surface area contributed by atoms with E-state index in [0.717, 1.165) is 11.5 Å². The molecule has 92 valence electrons. The molecule has 0 aliphatic rings. The fraction of sp³-hybridized carbons (Fsp3) is 0.286. The van der Waals surface area contributed by atoms with Gasteiger partial charge in [-0.25, -0.2) is 4.79 Å². The van der Waals surface area contributed by atoms with Crippen molar-refractivity contribution >= 4 is 34.3 Å². The monoisotopic (exact) mass is 259 g/mol. The lowest BCUT2D eigenvalue weighted by atomic mass is 10.3. The third kappa shape index (κ3) is 3.68. The summed E-state index contributed by atoms with van der Waals surface area (Å²) >= 11 is 0.884. The van der Waals surface area contributed by atoms with Gasteiger partial charge in [-0.05, 0) is 0 Å². The van der Waals surface area contributed by atoms with Crippen LogP contribution in [0.25, 0.3) is 0 Å². The molecule has 0 aromatic carbocycles. The summed E-state index contributed by atoms with van der Waals surface area (Å²) in [4.78, 5) is 29.8. The molecule has 1 heterocycles. The number of carbonyl (C=O) groups excluding carboxylic acids is 1. The van der Waals surface area contributed by atoms with Crippen LogP contribution in [-0.4, -0.2) is 45.7 Å². The molecule has 0 fully saturated rings. The van der Waals surface area contributed by atoms with Crippen LogP contribution in [0.3, 0.4) is 0 Å². The summed E-state index contributed by atoms with van der Waals surface area (Å²) in [6, 6.07) is 0. The number of aromatic nitrogens is 2. The molecule has 0 atom stereocenters. The molecule has 1 amide bonds. The highest BCUT2D eigenvalue weighted by atomic mass is 32.1. The Labute approximate surface area is 99.4 Å². The van der Waals surface area contributed by atoms with Gasteiger partial charge in [0, 0.05) is 18.6 Å². The van der Waals surface area contributed by atoms with Crippen molar-refractivity contribution in [3.05, 3.63) is 5.82 Å². The van der Waals surface area contributed by atoms with Gasteiger partial charge in [0.2, 0.25) is 18.1 Å². The lowest BCUT2D eigenvalue weighted by molar-refractivity contribution is -0.142. The van der Waals surface area contributed by atoms with Crippen molar-refractivity contribution in [3.63, 3.8) is 0 Å². The van der Waals surface area contributed by atoms with Crippen molar-refractivity contribution in [2.45, 2.75) is 0 Å². The van der Waals surface area contributed by atoms with E-state index in [1.54, 1.807) is 0 Å². The first-order valence-electron chi connectivity index (χ1n) is 4.28. The number of oxime groups is 1. The average Bonchev–Trinajstić information content (AvgIpc) is 2.69. The lowest BCUT2D eigenvalue weighted by Gasteiger charge is -2.00. The van der Waals surface area contributed by atoms with Crippen LogP contribution in [0.4, 0.5) is 5.13 Å². The first kappa shape index (κ1) is 12.8. The molecule has 1 aromatic heterocycles. The van der Waals surface area contributed by atoms with E-state index in [9.17, 15) is 9.59 Å². The molecule has 1 aromatic rings. The molecule has 0 spiro atoms. The van der Waals surface area contributed by atoms with E-state index in [4.69, 9.17) is 10.8 Å². The topological polar surface area (TPSA) is 140 Å². The number of carbonyl (C=O) groups is 2. The highest BCUT2D eigenvalue weighted by Crippen LogP contribution is 2.07. The van der Waals surface area contributed by atoms with Gasteiger partial charge in [-0.3, -0.25) is 4.79 Å². The largest absolute Gasteiger partial charge is 0.479 e. The van der Waals surface area contributed by atoms with Gasteiger partial charge < -0.3 is 21.0 Å². The van der Waals surface area contributed by atoms with Crippen LogP contribution in [0.15, 0.2) is 5.16 Å². The summed E-state index contributed by atoms with van der Waals surface area (Å²) in [6.07, 6.45) is 0.